The molecule has 1 amide bonds. The summed E-state index contributed by atoms with van der Waals surface area (Å²) in [7, 11) is 1.70. The van der Waals surface area contributed by atoms with Crippen molar-refractivity contribution in [2.45, 2.75) is 57.0 Å². The van der Waals surface area contributed by atoms with Crippen molar-refractivity contribution in [2.24, 2.45) is 0 Å². The Hall–Kier alpha value is -1.64. The van der Waals surface area contributed by atoms with Crippen molar-refractivity contribution in [3.8, 4) is 6.07 Å². The summed E-state index contributed by atoms with van der Waals surface area (Å²) in [6.07, 6.45) is 4.49. The van der Waals surface area contributed by atoms with Crippen molar-refractivity contribution in [1.29, 1.82) is 5.26 Å². The van der Waals surface area contributed by atoms with Crippen molar-refractivity contribution < 1.29 is 9.18 Å². The summed E-state index contributed by atoms with van der Waals surface area (Å²) in [4.78, 5) is 14.2. The molecule has 0 radical (unpaired) electrons. The molecule has 0 spiro atoms. The van der Waals surface area contributed by atoms with Crippen molar-refractivity contribution in [2.75, 3.05) is 13.6 Å². The molecule has 1 N–H and O–H groups in total. The van der Waals surface area contributed by atoms with Gasteiger partial charge in [-0.1, -0.05) is 36.9 Å². The largest absolute Gasteiger partial charge is 0.326 e. The van der Waals surface area contributed by atoms with E-state index in [1.165, 1.54) is 12.1 Å². The third-order valence-corrected chi connectivity index (χ3v) is 5.50. The summed E-state index contributed by atoms with van der Waals surface area (Å²) < 4.78 is 13.2. The van der Waals surface area contributed by atoms with Crippen LogP contribution in [0.2, 0.25) is 5.02 Å². The van der Waals surface area contributed by atoms with Crippen LogP contribution in [0.15, 0.2) is 18.2 Å². The number of halogens is 2. The molecule has 4 nitrogen and oxygen atoms in total. The number of carbonyl (C=O) groups is 1. The van der Waals surface area contributed by atoms with E-state index in [0.717, 1.165) is 37.7 Å². The van der Waals surface area contributed by atoms with Gasteiger partial charge in [-0.15, -0.1) is 0 Å². The second-order valence-corrected chi connectivity index (χ2v) is 7.67. The maximum absolute atomic E-state index is 13.2. The summed E-state index contributed by atoms with van der Waals surface area (Å²) in [6, 6.07) is 6.60. The molecule has 0 heterocycles. The highest BCUT2D eigenvalue weighted by molar-refractivity contribution is 6.31. The molecule has 2 rings (SSSR count). The molecule has 25 heavy (non-hydrogen) atoms. The molecule has 1 saturated carbocycles. The number of nitriles is 1. The van der Waals surface area contributed by atoms with Gasteiger partial charge >= 0.3 is 0 Å². The molecule has 0 atom stereocenters. The van der Waals surface area contributed by atoms with E-state index in [0.29, 0.717) is 5.02 Å². The van der Waals surface area contributed by atoms with Gasteiger partial charge < -0.3 is 4.90 Å². The van der Waals surface area contributed by atoms with Crippen LogP contribution in [0.3, 0.4) is 0 Å². The number of nitrogens with zero attached hydrogens (tertiary/aromatic N) is 2. The molecular formula is C19H25ClFN3O. The van der Waals surface area contributed by atoms with Crippen LogP contribution in [0.5, 0.6) is 0 Å². The second-order valence-electron chi connectivity index (χ2n) is 7.26. The predicted octanol–water partition coefficient (Wildman–Crippen LogP) is 3.99. The predicted molar refractivity (Wildman–Crippen MR) is 96.6 cm³/mol. The smallest absolute Gasteiger partial charge is 0.237 e. The molecule has 1 aliphatic rings. The first-order chi connectivity index (χ1) is 11.7. The molecule has 0 aliphatic heterocycles. The van der Waals surface area contributed by atoms with E-state index >= 15 is 0 Å². The number of likely N-dealkylation sites (N-methyl/N-ethyl adjacent to an activating group) is 1. The molecule has 1 aromatic carbocycles. The lowest BCUT2D eigenvalue weighted by atomic mass is 9.81. The quantitative estimate of drug-likeness (QED) is 0.858. The average Bonchev–Trinajstić information content (AvgIpc) is 2.59. The van der Waals surface area contributed by atoms with Crippen molar-refractivity contribution in [1.82, 2.24) is 10.2 Å². The van der Waals surface area contributed by atoms with Gasteiger partial charge in [0.2, 0.25) is 5.91 Å². The average molecular weight is 366 g/mol. The van der Waals surface area contributed by atoms with E-state index in [9.17, 15) is 14.4 Å². The van der Waals surface area contributed by atoms with E-state index < -0.39 is 16.9 Å². The van der Waals surface area contributed by atoms with Gasteiger partial charge in [-0.25, -0.2) is 4.39 Å². The van der Waals surface area contributed by atoms with Gasteiger partial charge in [-0.3, -0.25) is 10.1 Å². The standard InChI is InChI=1S/C19H25ClFN3O/c1-18(2,15-8-7-14(21)11-16(15)20)23-12-17(25)24(3)19(13-22)9-5-4-6-10-19/h7-8,11,23H,4-6,9-10,12H2,1-3H3. The Bertz CT molecular complexity index is 678. The number of carbonyl (C=O) groups excluding carboxylic acids is 1. The molecule has 0 saturated heterocycles. The first-order valence-electron chi connectivity index (χ1n) is 8.60. The molecule has 6 heteroatoms. The zero-order valence-corrected chi connectivity index (χ0v) is 15.8. The lowest BCUT2D eigenvalue weighted by molar-refractivity contribution is -0.134. The fourth-order valence-corrected chi connectivity index (χ4v) is 3.81. The molecule has 0 unspecified atom stereocenters. The molecule has 0 aromatic heterocycles. The van der Waals surface area contributed by atoms with Crippen LogP contribution in [-0.4, -0.2) is 29.9 Å². The van der Waals surface area contributed by atoms with Crippen LogP contribution in [0.1, 0.15) is 51.5 Å². The highest BCUT2D eigenvalue weighted by Crippen LogP contribution is 2.33. The zero-order valence-electron chi connectivity index (χ0n) is 15.0. The summed E-state index contributed by atoms with van der Waals surface area (Å²) in [6.45, 7) is 3.86. The number of amides is 1. The SMILES string of the molecule is CN(C(=O)CNC(C)(C)c1ccc(F)cc1Cl)C1(C#N)CCCCC1. The highest BCUT2D eigenvalue weighted by atomic mass is 35.5. The van der Waals surface area contributed by atoms with Crippen LogP contribution in [0.25, 0.3) is 0 Å². The Morgan fingerprint density at radius 1 is 1.40 bits per heavy atom. The van der Waals surface area contributed by atoms with Crippen molar-refractivity contribution >= 4 is 17.5 Å². The van der Waals surface area contributed by atoms with Gasteiger partial charge in [-0.05, 0) is 44.4 Å². The Morgan fingerprint density at radius 2 is 2.04 bits per heavy atom. The lowest BCUT2D eigenvalue weighted by Gasteiger charge is -2.39. The van der Waals surface area contributed by atoms with E-state index in [1.807, 2.05) is 13.8 Å². The minimum atomic E-state index is -0.700. The Kier molecular flexibility index (Phi) is 6.08. The normalized spacial score (nSPS) is 17.0. The van der Waals surface area contributed by atoms with Gasteiger partial charge in [0.05, 0.1) is 12.6 Å². The summed E-state index contributed by atoms with van der Waals surface area (Å²) in [5.41, 5.74) is -0.582. The molecule has 0 bridgehead atoms. The first-order valence-corrected chi connectivity index (χ1v) is 8.98. The lowest BCUT2D eigenvalue weighted by Crippen LogP contribution is -2.53. The van der Waals surface area contributed by atoms with Gasteiger partial charge in [0.15, 0.2) is 0 Å². The molecule has 1 aromatic rings. The number of nitrogens with one attached hydrogen (secondary N) is 1. The van der Waals surface area contributed by atoms with Crippen LogP contribution in [-0.2, 0) is 10.3 Å². The van der Waals surface area contributed by atoms with E-state index in [-0.39, 0.29) is 12.5 Å². The van der Waals surface area contributed by atoms with E-state index in [1.54, 1.807) is 18.0 Å². The minimum Gasteiger partial charge on any atom is -0.326 e. The number of hydrogen-bond acceptors (Lipinski definition) is 3. The van der Waals surface area contributed by atoms with Crippen molar-refractivity contribution in [3.63, 3.8) is 0 Å². The zero-order chi connectivity index (χ0) is 18.7. The van der Waals surface area contributed by atoms with Crippen molar-refractivity contribution in [3.05, 3.63) is 34.6 Å². The first kappa shape index (κ1) is 19.7. The van der Waals surface area contributed by atoms with Gasteiger partial charge in [0.25, 0.3) is 0 Å². The Balaban J connectivity index is 2.06. The number of rotatable bonds is 5. The maximum atomic E-state index is 13.2. The summed E-state index contributed by atoms with van der Waals surface area (Å²) in [5.74, 6) is -0.525. The molecule has 136 valence electrons. The third kappa shape index (κ3) is 4.31. The molecular weight excluding hydrogens is 341 g/mol. The fourth-order valence-electron chi connectivity index (χ4n) is 3.40. The monoisotopic (exact) mass is 365 g/mol. The molecule has 1 fully saturated rings. The van der Waals surface area contributed by atoms with Crippen LogP contribution < -0.4 is 5.32 Å². The van der Waals surface area contributed by atoms with Crippen LogP contribution in [0.4, 0.5) is 4.39 Å². The maximum Gasteiger partial charge on any atom is 0.237 e. The van der Waals surface area contributed by atoms with Gasteiger partial charge in [0, 0.05) is 17.6 Å². The highest BCUT2D eigenvalue weighted by Gasteiger charge is 2.39. The molecule has 1 aliphatic carbocycles. The van der Waals surface area contributed by atoms with Gasteiger partial charge in [0.1, 0.15) is 11.4 Å². The summed E-state index contributed by atoms with van der Waals surface area (Å²) in [5, 5.41) is 13.1. The topological polar surface area (TPSA) is 56.1 Å². The number of benzene rings is 1. The third-order valence-electron chi connectivity index (χ3n) is 5.19. The van der Waals surface area contributed by atoms with E-state index in [2.05, 4.69) is 11.4 Å². The summed E-state index contributed by atoms with van der Waals surface area (Å²) >= 11 is 6.14. The minimum absolute atomic E-state index is 0.0840. The Labute approximate surface area is 154 Å². The second kappa shape index (κ2) is 7.72. The van der Waals surface area contributed by atoms with Crippen LogP contribution >= 0.6 is 11.6 Å². The van der Waals surface area contributed by atoms with E-state index in [4.69, 9.17) is 11.6 Å². The van der Waals surface area contributed by atoms with Gasteiger partial charge in [-0.2, -0.15) is 5.26 Å². The Morgan fingerprint density at radius 3 is 2.60 bits per heavy atom. The fraction of sp³-hybridized carbons (Fsp3) is 0.579. The van der Waals surface area contributed by atoms with Crippen LogP contribution in [0, 0.1) is 17.1 Å². The number of hydrogen-bond donors (Lipinski definition) is 1.